The summed E-state index contributed by atoms with van der Waals surface area (Å²) in [5, 5.41) is 22.0. The SMILES string of the molecule is CC(C)c1cc(-c2ccc(C(=O)OCC(O)(C(F)(F)F)C(F)(F)F)c(CNc3ccc(OC4=CC=C(Oc5ccc(N)cc5)C=CC4)cc3)c2)ccc1C(=O)OCC(O)(C(F)(F)F)C(F)(F)F. The summed E-state index contributed by atoms with van der Waals surface area (Å²) in [6, 6.07) is 19.8. The Balaban J connectivity index is 1.40. The van der Waals surface area contributed by atoms with Crippen molar-refractivity contribution in [3.8, 4) is 22.6 Å². The minimum absolute atomic E-state index is 0.0210. The van der Waals surface area contributed by atoms with Crippen molar-refractivity contribution in [2.45, 2.75) is 68.6 Å². The molecule has 0 saturated carbocycles. The molecule has 5 rings (SSSR count). The highest BCUT2D eigenvalue weighted by atomic mass is 19.4. The lowest BCUT2D eigenvalue weighted by atomic mass is 9.91. The van der Waals surface area contributed by atoms with Crippen molar-refractivity contribution in [3.63, 3.8) is 0 Å². The number of allylic oxidation sites excluding steroid dienone is 4. The molecule has 0 amide bonds. The van der Waals surface area contributed by atoms with Crippen LogP contribution < -0.4 is 20.5 Å². The molecule has 360 valence electrons. The summed E-state index contributed by atoms with van der Waals surface area (Å²) in [5.74, 6) is -2.06. The van der Waals surface area contributed by atoms with Crippen molar-refractivity contribution in [1.82, 2.24) is 0 Å². The van der Waals surface area contributed by atoms with Gasteiger partial charge in [-0.15, -0.1) is 0 Å². The molecule has 10 nitrogen and oxygen atoms in total. The zero-order valence-electron chi connectivity index (χ0n) is 34.8. The molecular formula is C45H38F12N2O8. The summed E-state index contributed by atoms with van der Waals surface area (Å²) in [7, 11) is 0. The number of nitrogens with one attached hydrogen (secondary N) is 1. The van der Waals surface area contributed by atoms with Crippen LogP contribution in [0.5, 0.6) is 11.5 Å². The van der Waals surface area contributed by atoms with Crippen LogP contribution in [0.4, 0.5) is 64.1 Å². The molecule has 0 saturated heterocycles. The summed E-state index contributed by atoms with van der Waals surface area (Å²) in [6.07, 6.45) is -17.9. The Hall–Kier alpha value is -6.68. The van der Waals surface area contributed by atoms with Gasteiger partial charge in [0.05, 0.1) is 11.1 Å². The van der Waals surface area contributed by atoms with Gasteiger partial charge in [0, 0.05) is 24.3 Å². The first-order valence-corrected chi connectivity index (χ1v) is 19.5. The Morgan fingerprint density at radius 2 is 1.12 bits per heavy atom. The number of carbonyl (C=O) groups excluding carboxylic acids is 2. The lowest BCUT2D eigenvalue weighted by Gasteiger charge is -2.31. The molecule has 22 heteroatoms. The van der Waals surface area contributed by atoms with Crippen LogP contribution in [0.1, 0.15) is 58.0 Å². The number of hydrogen-bond acceptors (Lipinski definition) is 10. The first-order chi connectivity index (χ1) is 31.0. The number of rotatable bonds is 15. The number of ether oxygens (including phenoxy) is 4. The van der Waals surface area contributed by atoms with E-state index in [1.807, 2.05) is 0 Å². The van der Waals surface area contributed by atoms with Crippen LogP contribution >= 0.6 is 0 Å². The zero-order valence-corrected chi connectivity index (χ0v) is 34.8. The van der Waals surface area contributed by atoms with Crippen molar-refractivity contribution in [2.75, 3.05) is 24.3 Å². The van der Waals surface area contributed by atoms with E-state index in [2.05, 4.69) is 14.8 Å². The molecule has 0 unspecified atom stereocenters. The van der Waals surface area contributed by atoms with Crippen molar-refractivity contribution in [2.24, 2.45) is 0 Å². The molecule has 4 aromatic carbocycles. The van der Waals surface area contributed by atoms with Gasteiger partial charge in [-0.25, -0.2) is 9.59 Å². The van der Waals surface area contributed by atoms with Crippen LogP contribution in [0.3, 0.4) is 0 Å². The Bertz CT molecular complexity index is 2480. The number of alkyl halides is 12. The summed E-state index contributed by atoms with van der Waals surface area (Å²) in [4.78, 5) is 26.0. The van der Waals surface area contributed by atoms with Crippen molar-refractivity contribution in [1.29, 1.82) is 0 Å². The zero-order chi connectivity index (χ0) is 49.8. The topological polar surface area (TPSA) is 150 Å². The number of aliphatic hydroxyl groups is 2. The fraction of sp³-hybridized carbons (Fsp3) is 0.289. The van der Waals surface area contributed by atoms with E-state index in [9.17, 15) is 72.5 Å². The largest absolute Gasteiger partial charge is 0.461 e. The first-order valence-electron chi connectivity index (χ1n) is 19.5. The van der Waals surface area contributed by atoms with Gasteiger partial charge < -0.3 is 40.2 Å². The molecule has 0 fully saturated rings. The van der Waals surface area contributed by atoms with E-state index in [0.717, 1.165) is 12.1 Å². The third kappa shape index (κ3) is 12.0. The number of esters is 2. The maximum Gasteiger partial charge on any atom is 0.429 e. The highest BCUT2D eigenvalue weighted by molar-refractivity contribution is 5.94. The number of carbonyl (C=O) groups is 2. The average molecular weight is 963 g/mol. The van der Waals surface area contributed by atoms with E-state index in [-0.39, 0.29) is 28.8 Å². The van der Waals surface area contributed by atoms with Gasteiger partial charge in [-0.1, -0.05) is 38.1 Å². The van der Waals surface area contributed by atoms with E-state index < -0.39 is 78.1 Å². The predicted octanol–water partition coefficient (Wildman–Crippen LogP) is 10.9. The van der Waals surface area contributed by atoms with E-state index in [0.29, 0.717) is 40.8 Å². The molecule has 1 aliphatic carbocycles. The molecule has 0 bridgehead atoms. The number of halogens is 12. The lowest BCUT2D eigenvalue weighted by molar-refractivity contribution is -0.375. The second-order valence-electron chi connectivity index (χ2n) is 15.2. The normalized spacial score (nSPS) is 13.9. The molecule has 67 heavy (non-hydrogen) atoms. The third-order valence-electron chi connectivity index (χ3n) is 9.99. The number of anilines is 2. The molecule has 0 atom stereocenters. The second kappa shape index (κ2) is 19.7. The number of nitrogen functional groups attached to an aromatic ring is 1. The lowest BCUT2D eigenvalue weighted by Crippen LogP contribution is -2.60. The number of nitrogens with two attached hydrogens (primary N) is 1. The van der Waals surface area contributed by atoms with Gasteiger partial charge in [0.15, 0.2) is 0 Å². The predicted molar refractivity (Wildman–Crippen MR) is 216 cm³/mol. The average Bonchev–Trinajstić information content (AvgIpc) is 3.47. The van der Waals surface area contributed by atoms with Gasteiger partial charge >= 0.3 is 36.6 Å². The first kappa shape index (κ1) is 51.3. The minimum atomic E-state index is -6.31. The molecular weight excluding hydrogens is 924 g/mol. The van der Waals surface area contributed by atoms with E-state index in [4.69, 9.17) is 15.2 Å². The summed E-state index contributed by atoms with van der Waals surface area (Å²) < 4.78 is 180. The monoisotopic (exact) mass is 962 g/mol. The highest BCUT2D eigenvalue weighted by Gasteiger charge is 2.72. The van der Waals surface area contributed by atoms with Crippen LogP contribution in [0.15, 0.2) is 121 Å². The van der Waals surface area contributed by atoms with E-state index in [1.165, 1.54) is 38.1 Å². The molecule has 1 aliphatic rings. The molecule has 5 N–H and O–H groups in total. The molecule has 0 heterocycles. The van der Waals surface area contributed by atoms with Crippen molar-refractivity contribution >= 4 is 23.3 Å². The second-order valence-corrected chi connectivity index (χ2v) is 15.2. The maximum absolute atomic E-state index is 13.4. The molecule has 0 spiro atoms. The molecule has 0 radical (unpaired) electrons. The van der Waals surface area contributed by atoms with Gasteiger partial charge in [0.1, 0.15) is 36.2 Å². The number of hydrogen-bond donors (Lipinski definition) is 4. The van der Waals surface area contributed by atoms with Gasteiger partial charge in [0.2, 0.25) is 0 Å². The Labute approximate surface area is 372 Å². The minimum Gasteiger partial charge on any atom is -0.461 e. The van der Waals surface area contributed by atoms with Crippen molar-refractivity contribution < 1.29 is 91.4 Å². The molecule has 4 aromatic rings. The summed E-state index contributed by atoms with van der Waals surface area (Å²) in [6.45, 7) is -2.44. The Kier molecular flexibility index (Phi) is 15.1. The Morgan fingerprint density at radius 1 is 0.642 bits per heavy atom. The van der Waals surface area contributed by atoms with Gasteiger partial charge in [-0.3, -0.25) is 0 Å². The van der Waals surface area contributed by atoms with Crippen LogP contribution in [-0.2, 0) is 16.0 Å². The van der Waals surface area contributed by atoms with Gasteiger partial charge in [-0.05, 0) is 113 Å². The van der Waals surface area contributed by atoms with Crippen LogP contribution in [0.25, 0.3) is 11.1 Å². The maximum atomic E-state index is 13.4. The summed E-state index contributed by atoms with van der Waals surface area (Å²) in [5.41, 5.74) is -4.94. The third-order valence-corrected chi connectivity index (χ3v) is 9.99. The van der Waals surface area contributed by atoms with Gasteiger partial charge in [-0.2, -0.15) is 52.7 Å². The molecule has 0 aromatic heterocycles. The van der Waals surface area contributed by atoms with E-state index >= 15 is 0 Å². The fourth-order valence-electron chi connectivity index (χ4n) is 6.06. The van der Waals surface area contributed by atoms with Crippen LogP contribution in [-0.4, -0.2) is 71.3 Å². The standard InChI is InChI=1S/C45H38F12N2O8/c1-25(2)37-21-27(7-19-36(37)39(61)65-24-41(63,44(52,53)54)45(55,56)57)26-6-18-35(38(60)64-23-40(62,42(46,47)48)43(49,50)51)28(20-26)22-59-30-10-14-34(15-11-30)67-32-5-3-4-31(16-17-32)66-33-12-8-29(58)9-13-33/h3-4,6-21,25,59,62-63H,5,22-24,58H2,1-2H3. The van der Waals surface area contributed by atoms with E-state index in [1.54, 1.807) is 72.8 Å². The van der Waals surface area contributed by atoms with Gasteiger partial charge in [0.25, 0.3) is 11.2 Å². The molecule has 0 aliphatic heterocycles. The van der Waals surface area contributed by atoms with Crippen molar-refractivity contribution in [3.05, 3.63) is 143 Å². The summed E-state index contributed by atoms with van der Waals surface area (Å²) >= 11 is 0. The Morgan fingerprint density at radius 3 is 1.64 bits per heavy atom. The van der Waals surface area contributed by atoms with Crippen LogP contribution in [0.2, 0.25) is 0 Å². The van der Waals surface area contributed by atoms with Crippen LogP contribution in [0, 0.1) is 0 Å². The fourth-order valence-corrected chi connectivity index (χ4v) is 6.06. The quantitative estimate of drug-likeness (QED) is 0.0515. The highest BCUT2D eigenvalue weighted by Crippen LogP contribution is 2.45. The number of benzene rings is 4. The smallest absolute Gasteiger partial charge is 0.429 e.